The number of aromatic nitrogens is 2. The second-order valence-corrected chi connectivity index (χ2v) is 7.70. The lowest BCUT2D eigenvalue weighted by Gasteiger charge is -2.36. The monoisotopic (exact) mass is 351 g/mol. The molecule has 0 spiro atoms. The van der Waals surface area contributed by atoms with Crippen LogP contribution in [-0.4, -0.2) is 28.1 Å². The van der Waals surface area contributed by atoms with Gasteiger partial charge in [0.2, 0.25) is 5.91 Å². The topological polar surface area (TPSA) is 78.9 Å². The Morgan fingerprint density at radius 1 is 1.15 bits per heavy atom. The van der Waals surface area contributed by atoms with Crippen LogP contribution in [0.4, 0.5) is 0 Å². The lowest BCUT2D eigenvalue weighted by molar-refractivity contribution is -0.125. The zero-order chi connectivity index (χ0) is 18.3. The van der Waals surface area contributed by atoms with Gasteiger partial charge in [-0.2, -0.15) is 0 Å². The van der Waals surface area contributed by atoms with Crippen LogP contribution < -0.4 is 16.2 Å². The van der Waals surface area contributed by atoms with Crippen molar-refractivity contribution in [3.05, 3.63) is 47.8 Å². The fraction of sp³-hybridized carbons (Fsp3) is 0.450. The highest BCUT2D eigenvalue weighted by atomic mass is 16.2. The Morgan fingerprint density at radius 3 is 2.62 bits per heavy atom. The van der Waals surface area contributed by atoms with E-state index in [1.165, 1.54) is 5.56 Å². The summed E-state index contributed by atoms with van der Waals surface area (Å²) in [5, 5.41) is 3.05. The summed E-state index contributed by atoms with van der Waals surface area (Å²) in [7, 11) is 0. The highest BCUT2D eigenvalue weighted by Crippen LogP contribution is 2.38. The molecule has 26 heavy (non-hydrogen) atoms. The van der Waals surface area contributed by atoms with Crippen molar-refractivity contribution in [2.75, 3.05) is 0 Å². The summed E-state index contributed by atoms with van der Waals surface area (Å²) in [6, 6.07) is 8.47. The first-order chi connectivity index (χ1) is 12.5. The Kier molecular flexibility index (Phi) is 4.46. The Hall–Kier alpha value is -2.31. The summed E-state index contributed by atoms with van der Waals surface area (Å²) in [6.45, 7) is 6.46. The maximum Gasteiger partial charge on any atom is 0.221 e. The zero-order valence-corrected chi connectivity index (χ0v) is 15.4. The number of nitrogens with zero attached hydrogens (tertiary/aromatic N) is 2. The number of carbonyl (C=O) groups excluding carboxylic acids is 1. The normalized spacial score (nSPS) is 28.1. The SMILES string of the molecule is Cc1cccc(-c2ncc(C3CC(=O)NC4NNC(C(C)C)C43)cn2)c1. The molecule has 1 aromatic carbocycles. The first-order valence-corrected chi connectivity index (χ1v) is 9.22. The van der Waals surface area contributed by atoms with Gasteiger partial charge in [0.1, 0.15) is 0 Å². The van der Waals surface area contributed by atoms with Crippen LogP contribution in [0.25, 0.3) is 11.4 Å². The Morgan fingerprint density at radius 2 is 1.92 bits per heavy atom. The summed E-state index contributed by atoms with van der Waals surface area (Å²) in [4.78, 5) is 21.4. The van der Waals surface area contributed by atoms with Gasteiger partial charge in [-0.05, 0) is 24.5 Å². The van der Waals surface area contributed by atoms with Gasteiger partial charge in [0.15, 0.2) is 5.82 Å². The van der Waals surface area contributed by atoms with E-state index in [1.807, 2.05) is 24.5 Å². The van der Waals surface area contributed by atoms with E-state index in [9.17, 15) is 4.79 Å². The van der Waals surface area contributed by atoms with Gasteiger partial charge < -0.3 is 5.32 Å². The maximum absolute atomic E-state index is 12.2. The van der Waals surface area contributed by atoms with Crippen molar-refractivity contribution in [1.82, 2.24) is 26.1 Å². The molecule has 1 amide bonds. The van der Waals surface area contributed by atoms with Gasteiger partial charge in [-0.25, -0.2) is 15.4 Å². The predicted molar refractivity (Wildman–Crippen MR) is 99.9 cm³/mol. The summed E-state index contributed by atoms with van der Waals surface area (Å²) >= 11 is 0. The number of rotatable bonds is 3. The van der Waals surface area contributed by atoms with Crippen LogP contribution in [0.3, 0.4) is 0 Å². The quantitative estimate of drug-likeness (QED) is 0.789. The van der Waals surface area contributed by atoms with Gasteiger partial charge in [-0.15, -0.1) is 0 Å². The molecule has 6 nitrogen and oxygen atoms in total. The van der Waals surface area contributed by atoms with E-state index in [2.05, 4.69) is 59.0 Å². The molecule has 4 rings (SSSR count). The van der Waals surface area contributed by atoms with E-state index in [4.69, 9.17) is 0 Å². The van der Waals surface area contributed by atoms with E-state index in [0.29, 0.717) is 18.4 Å². The molecule has 4 atom stereocenters. The van der Waals surface area contributed by atoms with E-state index in [-0.39, 0.29) is 23.9 Å². The van der Waals surface area contributed by atoms with E-state index >= 15 is 0 Å². The Balaban J connectivity index is 1.64. The average Bonchev–Trinajstić information content (AvgIpc) is 3.05. The van der Waals surface area contributed by atoms with Crippen molar-refractivity contribution in [1.29, 1.82) is 0 Å². The molecule has 2 fully saturated rings. The third-order valence-electron chi connectivity index (χ3n) is 5.49. The van der Waals surface area contributed by atoms with E-state index < -0.39 is 0 Å². The molecule has 6 heteroatoms. The number of fused-ring (bicyclic) bond motifs is 1. The minimum absolute atomic E-state index is 0.0508. The number of carbonyl (C=O) groups is 1. The maximum atomic E-state index is 12.2. The van der Waals surface area contributed by atoms with Gasteiger partial charge in [0.05, 0.1) is 6.17 Å². The average molecular weight is 351 g/mol. The third-order valence-corrected chi connectivity index (χ3v) is 5.49. The molecule has 0 aliphatic carbocycles. The lowest BCUT2D eigenvalue weighted by atomic mass is 9.74. The Labute approximate surface area is 153 Å². The van der Waals surface area contributed by atoms with Gasteiger partial charge >= 0.3 is 0 Å². The third kappa shape index (κ3) is 3.10. The Bertz CT molecular complexity index is 804. The van der Waals surface area contributed by atoms with Gasteiger partial charge in [-0.3, -0.25) is 10.2 Å². The van der Waals surface area contributed by atoms with Crippen molar-refractivity contribution < 1.29 is 4.79 Å². The molecule has 2 aromatic rings. The summed E-state index contributed by atoms with van der Waals surface area (Å²) in [5.74, 6) is 1.63. The highest BCUT2D eigenvalue weighted by Gasteiger charge is 2.47. The van der Waals surface area contributed by atoms with E-state index in [1.54, 1.807) is 0 Å². The molecular formula is C20H25N5O. The van der Waals surface area contributed by atoms with Crippen LogP contribution >= 0.6 is 0 Å². The molecule has 2 aliphatic rings. The van der Waals surface area contributed by atoms with E-state index in [0.717, 1.165) is 17.0 Å². The molecule has 4 unspecified atom stereocenters. The molecule has 1 aromatic heterocycles. The van der Waals surface area contributed by atoms with Crippen LogP contribution in [0, 0.1) is 18.8 Å². The summed E-state index contributed by atoms with van der Waals surface area (Å²) in [5.41, 5.74) is 9.83. The predicted octanol–water partition coefficient (Wildman–Crippen LogP) is 2.13. The van der Waals surface area contributed by atoms with Crippen molar-refractivity contribution in [2.45, 2.75) is 45.3 Å². The van der Waals surface area contributed by atoms with Crippen LogP contribution in [0.5, 0.6) is 0 Å². The first-order valence-electron chi connectivity index (χ1n) is 9.22. The van der Waals surface area contributed by atoms with Crippen LogP contribution in [0.2, 0.25) is 0 Å². The van der Waals surface area contributed by atoms with Crippen molar-refractivity contribution in [2.24, 2.45) is 11.8 Å². The number of hydrogen-bond acceptors (Lipinski definition) is 5. The zero-order valence-electron chi connectivity index (χ0n) is 15.4. The van der Waals surface area contributed by atoms with Crippen molar-refractivity contribution in [3.63, 3.8) is 0 Å². The number of amides is 1. The summed E-state index contributed by atoms with van der Waals surface area (Å²) < 4.78 is 0. The van der Waals surface area contributed by atoms with Crippen molar-refractivity contribution in [3.8, 4) is 11.4 Å². The summed E-state index contributed by atoms with van der Waals surface area (Å²) in [6.07, 6.45) is 4.20. The molecule has 0 saturated carbocycles. The van der Waals surface area contributed by atoms with Gasteiger partial charge in [0, 0.05) is 42.3 Å². The number of hydrogen-bond donors (Lipinski definition) is 3. The molecule has 2 aliphatic heterocycles. The van der Waals surface area contributed by atoms with Gasteiger partial charge in [0.25, 0.3) is 0 Å². The first kappa shape index (κ1) is 17.1. The largest absolute Gasteiger partial charge is 0.339 e. The van der Waals surface area contributed by atoms with Crippen LogP contribution in [0.1, 0.15) is 37.3 Å². The molecular weight excluding hydrogens is 326 g/mol. The van der Waals surface area contributed by atoms with Gasteiger partial charge in [-0.1, -0.05) is 37.6 Å². The second kappa shape index (κ2) is 6.78. The fourth-order valence-corrected chi connectivity index (χ4v) is 4.18. The number of benzene rings is 1. The molecule has 2 saturated heterocycles. The van der Waals surface area contributed by atoms with Crippen LogP contribution in [-0.2, 0) is 4.79 Å². The minimum atomic E-state index is -0.0508. The lowest BCUT2D eigenvalue weighted by Crippen LogP contribution is -2.52. The molecule has 0 radical (unpaired) electrons. The second-order valence-electron chi connectivity index (χ2n) is 7.70. The van der Waals surface area contributed by atoms with Crippen LogP contribution in [0.15, 0.2) is 36.7 Å². The number of piperidine rings is 1. The minimum Gasteiger partial charge on any atom is -0.339 e. The highest BCUT2D eigenvalue weighted by molar-refractivity contribution is 5.78. The fourth-order valence-electron chi connectivity index (χ4n) is 4.18. The van der Waals surface area contributed by atoms with Crippen molar-refractivity contribution >= 4 is 5.91 Å². The molecule has 136 valence electrons. The molecule has 3 heterocycles. The number of aryl methyl sites for hydroxylation is 1. The standard InChI is InChI=1S/C20H25N5O/c1-11(2)18-17-15(8-16(26)23-20(17)25-24-18)14-9-21-19(22-10-14)13-6-4-5-12(3)7-13/h4-7,9-11,15,17-18,20,24-25H,8H2,1-3H3,(H,23,26). The molecule has 0 bridgehead atoms. The number of hydrazine groups is 1. The smallest absolute Gasteiger partial charge is 0.221 e. The molecule has 3 N–H and O–H groups in total. The number of nitrogens with one attached hydrogen (secondary N) is 3.